The molecule has 0 saturated carbocycles. The number of amides is 1. The van der Waals surface area contributed by atoms with Gasteiger partial charge < -0.3 is 9.88 Å². The summed E-state index contributed by atoms with van der Waals surface area (Å²) in [5.74, 6) is -0.328. The summed E-state index contributed by atoms with van der Waals surface area (Å²) in [6.45, 7) is 0.0987. The molecule has 0 spiro atoms. The van der Waals surface area contributed by atoms with Crippen molar-refractivity contribution in [2.45, 2.75) is 11.3 Å². The summed E-state index contributed by atoms with van der Waals surface area (Å²) < 4.78 is 30.5. The van der Waals surface area contributed by atoms with Gasteiger partial charge in [0.15, 0.2) is 0 Å². The van der Waals surface area contributed by atoms with Crippen LogP contribution in [-0.4, -0.2) is 44.6 Å². The lowest BCUT2D eigenvalue weighted by atomic mass is 10.1. The second-order valence-corrected chi connectivity index (χ2v) is 9.83. The zero-order valence-electron chi connectivity index (χ0n) is 18.5. The highest BCUT2D eigenvalue weighted by atomic mass is 35.5. The highest BCUT2D eigenvalue weighted by Crippen LogP contribution is 2.31. The van der Waals surface area contributed by atoms with Crippen molar-refractivity contribution >= 4 is 33.2 Å². The molecule has 8 nitrogen and oxygen atoms in total. The van der Waals surface area contributed by atoms with Crippen LogP contribution in [0.4, 0.5) is 5.69 Å². The second kappa shape index (κ2) is 10.2. The summed E-state index contributed by atoms with van der Waals surface area (Å²) in [5.41, 5.74) is 2.36. The fraction of sp³-hybridized carbons (Fsp3) is 0.217. The molecule has 33 heavy (non-hydrogen) atoms. The Balaban J connectivity index is 1.99. The van der Waals surface area contributed by atoms with Crippen molar-refractivity contribution in [1.29, 1.82) is 5.26 Å². The molecule has 172 valence electrons. The van der Waals surface area contributed by atoms with Crippen molar-refractivity contribution in [3.05, 3.63) is 70.9 Å². The molecule has 0 atom stereocenters. The highest BCUT2D eigenvalue weighted by Gasteiger charge is 2.23. The van der Waals surface area contributed by atoms with E-state index in [1.165, 1.54) is 6.07 Å². The molecule has 0 bridgehead atoms. The first-order valence-electron chi connectivity index (χ1n) is 10.0. The summed E-state index contributed by atoms with van der Waals surface area (Å²) >= 11 is 6.14. The lowest BCUT2D eigenvalue weighted by Gasteiger charge is -2.16. The lowest BCUT2D eigenvalue weighted by Crippen LogP contribution is -2.33. The Labute approximate surface area is 198 Å². The van der Waals surface area contributed by atoms with Gasteiger partial charge >= 0.3 is 0 Å². The zero-order chi connectivity index (χ0) is 24.2. The number of nitriles is 1. The molecule has 0 fully saturated rings. The van der Waals surface area contributed by atoms with E-state index in [0.717, 1.165) is 0 Å². The maximum Gasteiger partial charge on any atom is 0.242 e. The quantitative estimate of drug-likeness (QED) is 0.476. The number of rotatable bonds is 8. The van der Waals surface area contributed by atoms with Gasteiger partial charge in [-0.25, -0.2) is 8.42 Å². The van der Waals surface area contributed by atoms with Crippen molar-refractivity contribution < 1.29 is 13.2 Å². The third-order valence-electron chi connectivity index (χ3n) is 4.95. The summed E-state index contributed by atoms with van der Waals surface area (Å²) in [5, 5.41) is 12.5. The minimum atomic E-state index is -3.93. The van der Waals surface area contributed by atoms with Crippen molar-refractivity contribution in [1.82, 2.24) is 14.2 Å². The van der Waals surface area contributed by atoms with Gasteiger partial charge in [-0.2, -0.15) is 9.98 Å². The van der Waals surface area contributed by atoms with E-state index in [1.807, 2.05) is 0 Å². The first kappa shape index (κ1) is 24.5. The fourth-order valence-electron chi connectivity index (χ4n) is 3.24. The summed E-state index contributed by atoms with van der Waals surface area (Å²) in [6.07, 6.45) is 0.0473. The Morgan fingerprint density at radius 1 is 1.15 bits per heavy atom. The van der Waals surface area contributed by atoms with Gasteiger partial charge in [-0.3, -0.25) is 9.69 Å². The van der Waals surface area contributed by atoms with Crippen LogP contribution in [0.5, 0.6) is 0 Å². The van der Waals surface area contributed by atoms with E-state index in [1.54, 1.807) is 79.1 Å². The standard InChI is InChI=1S/C23H24ClN5O3S/c1-28(2)15-26-33(31,32)22-13-17(27-23(30)12-16-6-4-5-7-20(16)24)8-10-19(22)21-11-9-18(14-25)29(21)3/h4-11,13,26H,12,15H2,1-3H3,(H,27,30). The van der Waals surface area contributed by atoms with Crippen LogP contribution in [0.25, 0.3) is 11.3 Å². The number of carbonyl (C=O) groups is 1. The van der Waals surface area contributed by atoms with E-state index in [0.29, 0.717) is 33.2 Å². The fourth-order valence-corrected chi connectivity index (χ4v) is 4.77. The minimum absolute atomic E-state index is 0.00872. The Kier molecular flexibility index (Phi) is 7.56. The molecule has 0 radical (unpaired) electrons. The maximum absolute atomic E-state index is 13.1. The molecular formula is C23H24ClN5O3S. The average Bonchev–Trinajstić information content (AvgIpc) is 3.14. The number of hydrogen-bond donors (Lipinski definition) is 2. The van der Waals surface area contributed by atoms with Gasteiger partial charge in [-0.05, 0) is 56.1 Å². The van der Waals surface area contributed by atoms with E-state index in [2.05, 4.69) is 16.1 Å². The van der Waals surface area contributed by atoms with Crippen LogP contribution in [0.2, 0.25) is 5.02 Å². The minimum Gasteiger partial charge on any atom is -0.335 e. The number of carbonyl (C=O) groups excluding carboxylic acids is 1. The molecular weight excluding hydrogens is 462 g/mol. The Bertz CT molecular complexity index is 1330. The Morgan fingerprint density at radius 2 is 1.88 bits per heavy atom. The van der Waals surface area contributed by atoms with Crippen molar-refractivity contribution in [3.8, 4) is 17.3 Å². The van der Waals surface area contributed by atoms with Gasteiger partial charge in [0.25, 0.3) is 0 Å². The summed E-state index contributed by atoms with van der Waals surface area (Å²) in [6, 6.07) is 17.1. The van der Waals surface area contributed by atoms with Crippen molar-refractivity contribution in [2.24, 2.45) is 7.05 Å². The van der Waals surface area contributed by atoms with Crippen LogP contribution in [0.15, 0.2) is 59.5 Å². The second-order valence-electron chi connectivity index (χ2n) is 7.69. The first-order chi connectivity index (χ1) is 15.6. The van der Waals surface area contributed by atoms with Crippen molar-refractivity contribution in [3.63, 3.8) is 0 Å². The summed E-state index contributed by atoms with van der Waals surface area (Å²) in [7, 11) is 1.24. The Hall–Kier alpha value is -3.16. The molecule has 0 aliphatic rings. The normalized spacial score (nSPS) is 11.4. The van der Waals surface area contributed by atoms with Crippen LogP contribution in [0.1, 0.15) is 11.3 Å². The van der Waals surface area contributed by atoms with Gasteiger partial charge in [0.1, 0.15) is 11.8 Å². The van der Waals surface area contributed by atoms with E-state index < -0.39 is 10.0 Å². The number of halogens is 1. The predicted octanol–water partition coefficient (Wildman–Crippen LogP) is 3.20. The molecule has 1 amide bonds. The molecule has 3 rings (SSSR count). The molecule has 1 heterocycles. The van der Waals surface area contributed by atoms with Crippen LogP contribution < -0.4 is 10.0 Å². The highest BCUT2D eigenvalue weighted by molar-refractivity contribution is 7.89. The number of nitrogens with one attached hydrogen (secondary N) is 2. The Morgan fingerprint density at radius 3 is 2.52 bits per heavy atom. The molecule has 1 aromatic heterocycles. The molecule has 0 unspecified atom stereocenters. The number of benzene rings is 2. The molecule has 2 aromatic carbocycles. The number of sulfonamides is 1. The SMILES string of the molecule is CN(C)CNS(=O)(=O)c1cc(NC(=O)Cc2ccccc2Cl)ccc1-c1ccc(C#N)n1C. The number of hydrogen-bond acceptors (Lipinski definition) is 5. The van der Waals surface area contributed by atoms with E-state index in [9.17, 15) is 18.5 Å². The van der Waals surface area contributed by atoms with E-state index in [4.69, 9.17) is 11.6 Å². The van der Waals surface area contributed by atoms with Crippen LogP contribution in [0, 0.1) is 11.3 Å². The monoisotopic (exact) mass is 485 g/mol. The maximum atomic E-state index is 13.1. The van der Waals surface area contributed by atoms with Crippen LogP contribution in [-0.2, 0) is 28.3 Å². The third kappa shape index (κ3) is 5.80. The van der Waals surface area contributed by atoms with E-state index in [-0.39, 0.29) is 23.9 Å². The first-order valence-corrected chi connectivity index (χ1v) is 11.9. The largest absolute Gasteiger partial charge is 0.335 e. The van der Waals surface area contributed by atoms with E-state index >= 15 is 0 Å². The van der Waals surface area contributed by atoms with Crippen molar-refractivity contribution in [2.75, 3.05) is 26.1 Å². The number of nitrogens with zero attached hydrogens (tertiary/aromatic N) is 3. The molecule has 10 heteroatoms. The predicted molar refractivity (Wildman–Crippen MR) is 128 cm³/mol. The average molecular weight is 486 g/mol. The van der Waals surface area contributed by atoms with Gasteiger partial charge in [-0.15, -0.1) is 0 Å². The number of anilines is 1. The molecule has 2 N–H and O–H groups in total. The zero-order valence-corrected chi connectivity index (χ0v) is 20.0. The number of aromatic nitrogens is 1. The van der Waals surface area contributed by atoms with Gasteiger partial charge in [0, 0.05) is 23.3 Å². The van der Waals surface area contributed by atoms with Gasteiger partial charge in [0.2, 0.25) is 15.9 Å². The van der Waals surface area contributed by atoms with Crippen LogP contribution >= 0.6 is 11.6 Å². The van der Waals surface area contributed by atoms with Crippen LogP contribution in [0.3, 0.4) is 0 Å². The molecule has 0 aliphatic heterocycles. The van der Waals surface area contributed by atoms with Gasteiger partial charge in [-0.1, -0.05) is 29.8 Å². The molecule has 0 aliphatic carbocycles. The topological polar surface area (TPSA) is 107 Å². The third-order valence-corrected chi connectivity index (χ3v) is 6.74. The molecule has 3 aromatic rings. The lowest BCUT2D eigenvalue weighted by molar-refractivity contribution is -0.115. The molecule has 0 saturated heterocycles. The smallest absolute Gasteiger partial charge is 0.242 e. The van der Waals surface area contributed by atoms with Gasteiger partial charge in [0.05, 0.1) is 23.7 Å². The summed E-state index contributed by atoms with van der Waals surface area (Å²) in [4.78, 5) is 14.3.